The van der Waals surface area contributed by atoms with Crippen molar-refractivity contribution in [2.75, 3.05) is 7.11 Å². The molecule has 206 valence electrons. The van der Waals surface area contributed by atoms with Crippen LogP contribution in [-0.4, -0.2) is 19.0 Å². The van der Waals surface area contributed by atoms with Gasteiger partial charge < -0.3 is 9.47 Å². The number of hydrogen-bond acceptors (Lipinski definition) is 4. The summed E-state index contributed by atoms with van der Waals surface area (Å²) in [5, 5.41) is 0. The first-order chi connectivity index (χ1) is 18.3. The molecule has 1 aliphatic carbocycles. The zero-order valence-electron chi connectivity index (χ0n) is 25.0. The van der Waals surface area contributed by atoms with E-state index in [2.05, 4.69) is 65.8 Å². The van der Waals surface area contributed by atoms with Gasteiger partial charge >= 0.3 is 11.9 Å². The monoisotopic (exact) mass is 526 g/mol. The van der Waals surface area contributed by atoms with Gasteiger partial charge in [-0.3, -0.25) is 0 Å². The zero-order chi connectivity index (χ0) is 28.7. The Labute approximate surface area is 233 Å². The number of carbonyl (C=O) groups excluding carboxylic acids is 2. The van der Waals surface area contributed by atoms with Crippen LogP contribution in [0.25, 0.3) is 0 Å². The van der Waals surface area contributed by atoms with Gasteiger partial charge in [-0.25, -0.2) is 9.59 Å². The summed E-state index contributed by atoms with van der Waals surface area (Å²) in [5.74, 6) is 0.291. The van der Waals surface area contributed by atoms with E-state index in [1.807, 2.05) is 13.8 Å². The predicted octanol–water partition coefficient (Wildman–Crippen LogP) is 8.37. The molecule has 1 aliphatic rings. The van der Waals surface area contributed by atoms with Crippen LogP contribution < -0.4 is 4.74 Å². The highest BCUT2D eigenvalue weighted by molar-refractivity contribution is 5.94. The first-order valence-corrected chi connectivity index (χ1v) is 13.9. The average molecular weight is 527 g/mol. The van der Waals surface area contributed by atoms with Gasteiger partial charge in [0, 0.05) is 5.41 Å². The Morgan fingerprint density at radius 2 is 1.21 bits per heavy atom. The molecule has 4 nitrogen and oxygen atoms in total. The van der Waals surface area contributed by atoms with Gasteiger partial charge in [0.2, 0.25) is 0 Å². The third-order valence-electron chi connectivity index (χ3n) is 8.61. The quantitative estimate of drug-likeness (QED) is 0.248. The van der Waals surface area contributed by atoms with Crippen molar-refractivity contribution in [1.29, 1.82) is 0 Å². The van der Waals surface area contributed by atoms with Crippen LogP contribution in [0, 0.1) is 46.0 Å². The molecule has 39 heavy (non-hydrogen) atoms. The summed E-state index contributed by atoms with van der Waals surface area (Å²) < 4.78 is 10.7. The largest absolute Gasteiger partial charge is 0.465 e. The molecule has 0 amide bonds. The lowest BCUT2D eigenvalue weighted by molar-refractivity contribution is 0.0599. The van der Waals surface area contributed by atoms with E-state index in [-0.39, 0.29) is 10.8 Å². The van der Waals surface area contributed by atoms with Crippen LogP contribution in [0.5, 0.6) is 5.75 Å². The summed E-state index contributed by atoms with van der Waals surface area (Å²) in [4.78, 5) is 24.8. The van der Waals surface area contributed by atoms with Crippen molar-refractivity contribution in [2.24, 2.45) is 11.3 Å². The Morgan fingerprint density at radius 1 is 0.744 bits per heavy atom. The normalized spacial score (nSPS) is 20.4. The van der Waals surface area contributed by atoms with E-state index < -0.39 is 11.9 Å². The topological polar surface area (TPSA) is 52.6 Å². The predicted molar refractivity (Wildman–Crippen MR) is 157 cm³/mol. The highest BCUT2D eigenvalue weighted by atomic mass is 16.5. The lowest BCUT2D eigenvalue weighted by Gasteiger charge is -2.49. The third kappa shape index (κ3) is 5.66. The molecule has 1 saturated carbocycles. The van der Waals surface area contributed by atoms with Gasteiger partial charge in [-0.15, -0.1) is 0 Å². The van der Waals surface area contributed by atoms with Crippen LogP contribution in [-0.2, 0) is 10.2 Å². The van der Waals surface area contributed by atoms with Gasteiger partial charge in [0.25, 0.3) is 0 Å². The van der Waals surface area contributed by atoms with Crippen molar-refractivity contribution in [3.8, 4) is 5.75 Å². The van der Waals surface area contributed by atoms with Crippen LogP contribution in [0.1, 0.15) is 99.7 Å². The fourth-order valence-electron chi connectivity index (χ4n) is 6.89. The SMILES string of the molecule is COC(=O)c1ccc(C(=O)Oc2c(C)cc(C3(c4cc(C)c(C)c(C)c4)CC(C)CC(C)(C)C3)cc2C)cc1. The summed E-state index contributed by atoms with van der Waals surface area (Å²) in [6.07, 6.45) is 3.36. The van der Waals surface area contributed by atoms with Crippen molar-refractivity contribution in [2.45, 2.75) is 80.1 Å². The fourth-order valence-corrected chi connectivity index (χ4v) is 6.89. The standard InChI is InChI=1S/C35H42O4/c1-21-18-34(7,8)20-35(19-21,29-14-22(2)26(6)23(3)15-29)30-16-24(4)31(25(5)17-30)39-33(37)28-12-10-27(11-13-28)32(36)38-9/h10-17,21H,18-20H2,1-9H3. The second-order valence-electron chi connectivity index (χ2n) is 12.6. The third-order valence-corrected chi connectivity index (χ3v) is 8.61. The lowest BCUT2D eigenvalue weighted by atomic mass is 9.55. The minimum atomic E-state index is -0.447. The molecule has 0 radical (unpaired) electrons. The summed E-state index contributed by atoms with van der Waals surface area (Å²) in [7, 11) is 1.33. The van der Waals surface area contributed by atoms with Gasteiger partial charge in [0.1, 0.15) is 5.75 Å². The molecule has 2 atom stereocenters. The molecule has 0 bridgehead atoms. The molecule has 3 aromatic carbocycles. The number of ether oxygens (including phenoxy) is 2. The first kappa shape index (κ1) is 28.6. The second kappa shape index (κ2) is 10.6. The van der Waals surface area contributed by atoms with Crippen molar-refractivity contribution in [3.05, 3.63) is 98.6 Å². The smallest absolute Gasteiger partial charge is 0.343 e. The number of methoxy groups -OCH3 is 1. The maximum absolute atomic E-state index is 13.0. The number of rotatable bonds is 5. The van der Waals surface area contributed by atoms with E-state index in [1.54, 1.807) is 24.3 Å². The van der Waals surface area contributed by atoms with Gasteiger partial charge in [-0.2, -0.15) is 0 Å². The van der Waals surface area contributed by atoms with Gasteiger partial charge in [0.05, 0.1) is 18.2 Å². The van der Waals surface area contributed by atoms with Crippen LogP contribution in [0.15, 0.2) is 48.5 Å². The number of carbonyl (C=O) groups is 2. The summed E-state index contributed by atoms with van der Waals surface area (Å²) in [6.45, 7) is 17.9. The first-order valence-electron chi connectivity index (χ1n) is 13.9. The van der Waals surface area contributed by atoms with E-state index in [9.17, 15) is 9.59 Å². The highest BCUT2D eigenvalue weighted by Crippen LogP contribution is 2.54. The number of hydrogen-bond donors (Lipinski definition) is 0. The number of esters is 2. The molecule has 4 heteroatoms. The molecule has 2 unspecified atom stereocenters. The summed E-state index contributed by atoms with van der Waals surface area (Å²) in [5.41, 5.74) is 9.44. The fraction of sp³-hybridized carbons (Fsp3) is 0.429. The van der Waals surface area contributed by atoms with Crippen LogP contribution in [0.4, 0.5) is 0 Å². The van der Waals surface area contributed by atoms with E-state index in [4.69, 9.17) is 9.47 Å². The summed E-state index contributed by atoms with van der Waals surface area (Å²) in [6, 6.07) is 15.6. The highest BCUT2D eigenvalue weighted by Gasteiger charge is 2.45. The minimum absolute atomic E-state index is 0.119. The Balaban J connectivity index is 1.75. The molecule has 0 heterocycles. The van der Waals surface area contributed by atoms with Gasteiger partial charge in [0.15, 0.2) is 0 Å². The van der Waals surface area contributed by atoms with Gasteiger partial charge in [-0.05, 0) is 128 Å². The Morgan fingerprint density at radius 3 is 1.67 bits per heavy atom. The molecule has 1 fully saturated rings. The average Bonchev–Trinajstić information content (AvgIpc) is 2.87. The molecule has 0 aliphatic heterocycles. The maximum atomic E-state index is 13.0. The molecular weight excluding hydrogens is 484 g/mol. The van der Waals surface area contributed by atoms with Crippen LogP contribution in [0.3, 0.4) is 0 Å². The Bertz CT molecular complexity index is 1370. The number of aryl methyl sites for hydroxylation is 4. The summed E-state index contributed by atoms with van der Waals surface area (Å²) >= 11 is 0. The van der Waals surface area contributed by atoms with Crippen LogP contribution in [0.2, 0.25) is 0 Å². The molecule has 4 rings (SSSR count). The minimum Gasteiger partial charge on any atom is -0.465 e. The molecule has 0 spiro atoms. The van der Waals surface area contributed by atoms with Crippen molar-refractivity contribution >= 4 is 11.9 Å². The van der Waals surface area contributed by atoms with E-state index in [0.29, 0.717) is 22.8 Å². The molecule has 0 aromatic heterocycles. The lowest BCUT2D eigenvalue weighted by Crippen LogP contribution is -2.41. The molecule has 0 N–H and O–H groups in total. The number of benzene rings is 3. The van der Waals surface area contributed by atoms with Gasteiger partial charge in [-0.1, -0.05) is 45.0 Å². The van der Waals surface area contributed by atoms with E-state index in [1.165, 1.54) is 41.3 Å². The molecule has 3 aromatic rings. The maximum Gasteiger partial charge on any atom is 0.343 e. The zero-order valence-corrected chi connectivity index (χ0v) is 25.0. The second-order valence-corrected chi connectivity index (χ2v) is 12.6. The Kier molecular flexibility index (Phi) is 7.80. The van der Waals surface area contributed by atoms with Crippen LogP contribution >= 0.6 is 0 Å². The van der Waals surface area contributed by atoms with Crippen molar-refractivity contribution < 1.29 is 19.1 Å². The molecule has 0 saturated heterocycles. The van der Waals surface area contributed by atoms with Crippen molar-refractivity contribution in [1.82, 2.24) is 0 Å². The van der Waals surface area contributed by atoms with E-state index >= 15 is 0 Å². The van der Waals surface area contributed by atoms with Crippen molar-refractivity contribution in [3.63, 3.8) is 0 Å². The Hall–Kier alpha value is -3.40. The van der Waals surface area contributed by atoms with E-state index in [0.717, 1.165) is 24.0 Å². The molecular formula is C35H42O4.